The van der Waals surface area contributed by atoms with Gasteiger partial charge < -0.3 is 14.2 Å². The Kier molecular flexibility index (Phi) is 10.8. The summed E-state index contributed by atoms with van der Waals surface area (Å²) in [6, 6.07) is 7.34. The lowest BCUT2D eigenvalue weighted by molar-refractivity contribution is -0.158. The summed E-state index contributed by atoms with van der Waals surface area (Å²) in [5.74, 6) is -0.209. The molecule has 1 saturated heterocycles. The topological polar surface area (TPSA) is 61.8 Å². The third-order valence-electron chi connectivity index (χ3n) is 6.54. The lowest BCUT2D eigenvalue weighted by Crippen LogP contribution is -2.38. The van der Waals surface area contributed by atoms with E-state index in [-0.39, 0.29) is 12.2 Å². The normalized spacial score (nSPS) is 20.3. The highest BCUT2D eigenvalue weighted by Crippen LogP contribution is 2.43. The van der Waals surface area contributed by atoms with E-state index in [1.165, 1.54) is 51.4 Å². The molecule has 178 valence electrons. The van der Waals surface area contributed by atoms with Crippen LogP contribution in [0.2, 0.25) is 0 Å². The Morgan fingerprint density at radius 2 is 1.56 bits per heavy atom. The van der Waals surface area contributed by atoms with Crippen molar-refractivity contribution < 1.29 is 23.8 Å². The van der Waals surface area contributed by atoms with Crippen molar-refractivity contribution in [2.45, 2.75) is 97.2 Å². The van der Waals surface area contributed by atoms with Gasteiger partial charge in [-0.25, -0.2) is 4.79 Å². The van der Waals surface area contributed by atoms with Gasteiger partial charge in [0.15, 0.2) is 0 Å². The first-order valence-electron chi connectivity index (χ1n) is 12.1. The van der Waals surface area contributed by atoms with Crippen molar-refractivity contribution >= 4 is 11.9 Å². The molecule has 1 fully saturated rings. The molecule has 0 radical (unpaired) electrons. The maximum absolute atomic E-state index is 13.0. The number of methoxy groups -OCH3 is 1. The van der Waals surface area contributed by atoms with Crippen molar-refractivity contribution in [3.05, 3.63) is 42.0 Å². The van der Waals surface area contributed by atoms with Gasteiger partial charge in [-0.1, -0.05) is 83.4 Å². The van der Waals surface area contributed by atoms with Crippen LogP contribution in [-0.4, -0.2) is 25.2 Å². The molecule has 2 rings (SSSR count). The minimum absolute atomic E-state index is 0.130. The fourth-order valence-electron chi connectivity index (χ4n) is 4.16. The number of hydrogen-bond donors (Lipinski definition) is 0. The molecule has 1 aliphatic heterocycles. The molecule has 0 unspecified atom stereocenters. The number of carbonyl (C=O) groups excluding carboxylic acids is 2. The second-order valence-electron chi connectivity index (χ2n) is 8.97. The predicted molar refractivity (Wildman–Crippen MR) is 126 cm³/mol. The van der Waals surface area contributed by atoms with Crippen LogP contribution in [0.1, 0.15) is 90.0 Å². The number of carbonyl (C=O) groups is 2. The van der Waals surface area contributed by atoms with E-state index in [4.69, 9.17) is 14.2 Å². The van der Waals surface area contributed by atoms with E-state index in [0.29, 0.717) is 6.42 Å². The first-order chi connectivity index (χ1) is 15.4. The van der Waals surface area contributed by atoms with Crippen molar-refractivity contribution in [3.63, 3.8) is 0 Å². The summed E-state index contributed by atoms with van der Waals surface area (Å²) in [6.07, 6.45) is 12.5. The third kappa shape index (κ3) is 7.11. The number of hydrogen-bond acceptors (Lipinski definition) is 5. The quantitative estimate of drug-likeness (QED) is 0.175. The van der Waals surface area contributed by atoms with E-state index in [0.717, 1.165) is 24.2 Å². The van der Waals surface area contributed by atoms with Crippen LogP contribution in [0.15, 0.2) is 36.4 Å². The summed E-state index contributed by atoms with van der Waals surface area (Å²) in [7, 11) is 1.60. The molecule has 1 heterocycles. The average molecular weight is 445 g/mol. The molecular formula is C27H40O5. The maximum Gasteiger partial charge on any atom is 0.335 e. The van der Waals surface area contributed by atoms with Gasteiger partial charge in [0.1, 0.15) is 23.9 Å². The Morgan fingerprint density at radius 1 is 1.00 bits per heavy atom. The summed E-state index contributed by atoms with van der Waals surface area (Å²) >= 11 is 0. The number of rotatable bonds is 15. The van der Waals surface area contributed by atoms with Crippen molar-refractivity contribution in [3.8, 4) is 5.75 Å². The molecule has 0 aliphatic carbocycles. The lowest BCUT2D eigenvalue weighted by atomic mass is 9.78. The Bertz CT molecular complexity index is 739. The Morgan fingerprint density at radius 3 is 2.12 bits per heavy atom. The van der Waals surface area contributed by atoms with Crippen LogP contribution in [-0.2, 0) is 25.7 Å². The molecule has 1 aromatic carbocycles. The molecule has 0 saturated carbocycles. The minimum Gasteiger partial charge on any atom is -0.497 e. The number of cyclic esters (lactones) is 1. The van der Waals surface area contributed by atoms with E-state index in [9.17, 15) is 9.59 Å². The Labute approximate surface area is 193 Å². The summed E-state index contributed by atoms with van der Waals surface area (Å²) in [6.45, 7) is 7.93. The molecule has 0 spiro atoms. The summed E-state index contributed by atoms with van der Waals surface area (Å²) < 4.78 is 16.2. The van der Waals surface area contributed by atoms with Crippen molar-refractivity contribution in [2.24, 2.45) is 5.41 Å². The molecular weight excluding hydrogens is 404 g/mol. The van der Waals surface area contributed by atoms with Gasteiger partial charge in [0, 0.05) is 0 Å². The second kappa shape index (κ2) is 13.3. The Balaban J connectivity index is 1.77. The smallest absolute Gasteiger partial charge is 0.335 e. The summed E-state index contributed by atoms with van der Waals surface area (Å²) in [4.78, 5) is 25.2. The highest BCUT2D eigenvalue weighted by molar-refractivity contribution is 6.00. The van der Waals surface area contributed by atoms with E-state index in [1.807, 2.05) is 24.3 Å². The van der Waals surface area contributed by atoms with Gasteiger partial charge in [-0.15, -0.1) is 0 Å². The van der Waals surface area contributed by atoms with E-state index in [1.54, 1.807) is 14.0 Å². The zero-order valence-corrected chi connectivity index (χ0v) is 20.1. The van der Waals surface area contributed by atoms with Gasteiger partial charge in [-0.2, -0.15) is 0 Å². The average Bonchev–Trinajstić information content (AvgIpc) is 3.03. The van der Waals surface area contributed by atoms with Crippen LogP contribution in [0.25, 0.3) is 0 Å². The van der Waals surface area contributed by atoms with Crippen molar-refractivity contribution in [1.29, 1.82) is 0 Å². The molecule has 0 bridgehead atoms. The largest absolute Gasteiger partial charge is 0.497 e. The third-order valence-corrected chi connectivity index (χ3v) is 6.54. The van der Waals surface area contributed by atoms with Gasteiger partial charge in [0.05, 0.1) is 12.7 Å². The van der Waals surface area contributed by atoms with E-state index >= 15 is 0 Å². The zero-order chi connectivity index (χ0) is 23.4. The predicted octanol–water partition coefficient (Wildman–Crippen LogP) is 6.54. The fourth-order valence-corrected chi connectivity index (χ4v) is 4.16. The van der Waals surface area contributed by atoms with Gasteiger partial charge >= 0.3 is 11.9 Å². The van der Waals surface area contributed by atoms with Crippen LogP contribution in [0, 0.1) is 5.41 Å². The molecule has 0 amide bonds. The molecule has 1 aliphatic rings. The maximum atomic E-state index is 13.0. The molecule has 32 heavy (non-hydrogen) atoms. The molecule has 0 N–H and O–H groups in total. The van der Waals surface area contributed by atoms with Gasteiger partial charge in [-0.05, 0) is 37.5 Å². The highest BCUT2D eigenvalue weighted by atomic mass is 16.6. The molecule has 5 heteroatoms. The van der Waals surface area contributed by atoms with E-state index in [2.05, 4.69) is 13.5 Å². The highest BCUT2D eigenvalue weighted by Gasteiger charge is 2.55. The zero-order valence-electron chi connectivity index (χ0n) is 20.1. The monoisotopic (exact) mass is 444 g/mol. The molecule has 2 atom stereocenters. The van der Waals surface area contributed by atoms with Crippen LogP contribution in [0.4, 0.5) is 0 Å². The first-order valence-corrected chi connectivity index (χ1v) is 12.1. The van der Waals surface area contributed by atoms with Crippen molar-refractivity contribution in [1.82, 2.24) is 0 Å². The van der Waals surface area contributed by atoms with Crippen LogP contribution >= 0.6 is 0 Å². The van der Waals surface area contributed by atoms with Gasteiger partial charge in [0.25, 0.3) is 0 Å². The Hall–Kier alpha value is -2.30. The fraction of sp³-hybridized carbons (Fsp3) is 0.630. The van der Waals surface area contributed by atoms with Gasteiger partial charge in [0.2, 0.25) is 0 Å². The van der Waals surface area contributed by atoms with Gasteiger partial charge in [-0.3, -0.25) is 4.79 Å². The van der Waals surface area contributed by atoms with Crippen molar-refractivity contribution in [2.75, 3.05) is 7.11 Å². The summed E-state index contributed by atoms with van der Waals surface area (Å²) in [5.41, 5.74) is -0.0952. The van der Waals surface area contributed by atoms with Crippen LogP contribution in [0.5, 0.6) is 5.75 Å². The SMILES string of the molecule is C=C1C(=O)O[C@H](CCCCCCCCCCCC)[C@@]1(C)C(=O)OCc1ccc(OC)cc1. The van der Waals surface area contributed by atoms with Crippen LogP contribution < -0.4 is 4.74 Å². The molecule has 1 aromatic rings. The van der Waals surface area contributed by atoms with E-state index < -0.39 is 23.5 Å². The number of ether oxygens (including phenoxy) is 3. The van der Waals surface area contributed by atoms with Crippen LogP contribution in [0.3, 0.4) is 0 Å². The standard InChI is InChI=1S/C27H40O5/c1-5-6-7-8-9-10-11-12-13-14-15-24-27(3,21(2)25(28)32-24)26(29)31-20-22-16-18-23(30-4)19-17-22/h16-19,24H,2,5-15,20H2,1,3-4H3/t24-,27+/m1/s1. The minimum atomic E-state index is -1.14. The number of esters is 2. The number of unbranched alkanes of at least 4 members (excludes halogenated alkanes) is 9. The lowest BCUT2D eigenvalue weighted by Gasteiger charge is -2.27. The summed E-state index contributed by atoms with van der Waals surface area (Å²) in [5, 5.41) is 0. The molecule has 0 aromatic heterocycles. The second-order valence-corrected chi connectivity index (χ2v) is 8.97. The first kappa shape index (κ1) is 26.0. The number of benzene rings is 1. The molecule has 5 nitrogen and oxygen atoms in total.